The van der Waals surface area contributed by atoms with E-state index >= 15 is 0 Å². The lowest BCUT2D eigenvalue weighted by molar-refractivity contribution is -0.172. The number of nitrogens with zero attached hydrogens (tertiary/aromatic N) is 2. The number of methoxy groups -OCH3 is 1. The third kappa shape index (κ3) is 2.46. The number of ether oxygens (including phenoxy) is 2. The van der Waals surface area contributed by atoms with Crippen LogP contribution in [-0.2, 0) is 32.9 Å². The van der Waals surface area contributed by atoms with Gasteiger partial charge in [0.1, 0.15) is 12.4 Å². The summed E-state index contributed by atoms with van der Waals surface area (Å²) in [5.41, 5.74) is 1.62. The van der Waals surface area contributed by atoms with Crippen molar-refractivity contribution in [3.63, 3.8) is 0 Å². The first-order valence-electron chi connectivity index (χ1n) is 10.2. The van der Waals surface area contributed by atoms with Gasteiger partial charge in [-0.1, -0.05) is 13.8 Å². The molecular formula is C23H22N2O6. The van der Waals surface area contributed by atoms with E-state index in [0.29, 0.717) is 23.3 Å². The fourth-order valence-corrected chi connectivity index (χ4v) is 4.82. The number of aliphatic hydroxyl groups is 1. The minimum atomic E-state index is -1.89. The van der Waals surface area contributed by atoms with E-state index in [4.69, 9.17) is 14.5 Å². The molecule has 31 heavy (non-hydrogen) atoms. The molecule has 0 saturated heterocycles. The Bertz CT molecular complexity index is 1330. The molecule has 0 saturated carbocycles. The number of aryl methyl sites for hydroxylation is 1. The molecule has 5 rings (SSSR count). The van der Waals surface area contributed by atoms with Crippen molar-refractivity contribution < 1.29 is 24.5 Å². The summed E-state index contributed by atoms with van der Waals surface area (Å²) < 4.78 is 12.4. The summed E-state index contributed by atoms with van der Waals surface area (Å²) in [6, 6.07) is 6.62. The third-order valence-electron chi connectivity index (χ3n) is 6.40. The Kier molecular flexibility index (Phi) is 4.22. The van der Waals surface area contributed by atoms with Gasteiger partial charge in [-0.2, -0.15) is 0 Å². The van der Waals surface area contributed by atoms with E-state index in [-0.39, 0.29) is 35.5 Å². The van der Waals surface area contributed by atoms with Crippen LogP contribution in [0.4, 0.5) is 0 Å². The van der Waals surface area contributed by atoms with Gasteiger partial charge in [-0.05, 0) is 42.7 Å². The summed E-state index contributed by atoms with van der Waals surface area (Å²) in [4.78, 5) is 30.6. The maximum atomic E-state index is 13.5. The van der Waals surface area contributed by atoms with Gasteiger partial charge >= 0.3 is 5.97 Å². The van der Waals surface area contributed by atoms with Crippen LogP contribution in [-0.4, -0.2) is 32.8 Å². The van der Waals surface area contributed by atoms with E-state index in [2.05, 4.69) is 0 Å². The zero-order valence-electron chi connectivity index (χ0n) is 17.4. The number of phenolic OH excluding ortho intramolecular Hbond substituents is 1. The minimum Gasteiger partial charge on any atom is -0.508 e. The summed E-state index contributed by atoms with van der Waals surface area (Å²) in [6.45, 7) is 3.46. The van der Waals surface area contributed by atoms with Crippen LogP contribution in [0.2, 0.25) is 0 Å². The number of carbonyl (C=O) groups is 1. The predicted molar refractivity (Wildman–Crippen MR) is 112 cm³/mol. The number of fused-ring (bicyclic) bond motifs is 5. The molecule has 3 aromatic rings. The molecule has 0 aliphatic carbocycles. The highest BCUT2D eigenvalue weighted by atomic mass is 16.6. The second-order valence-corrected chi connectivity index (χ2v) is 7.88. The number of aromatic hydroxyl groups is 1. The molecule has 4 heterocycles. The van der Waals surface area contributed by atoms with E-state index in [1.165, 1.54) is 11.7 Å². The molecule has 2 aliphatic heterocycles. The smallest absolute Gasteiger partial charge is 0.343 e. The summed E-state index contributed by atoms with van der Waals surface area (Å²) in [7, 11) is 1.52. The summed E-state index contributed by atoms with van der Waals surface area (Å²) in [5.74, 6) is -0.630. The normalized spacial score (nSPS) is 21.5. The molecule has 2 N–H and O–H groups in total. The van der Waals surface area contributed by atoms with Crippen molar-refractivity contribution in [2.24, 2.45) is 0 Å². The first kappa shape index (κ1) is 19.7. The highest BCUT2D eigenvalue weighted by Gasteiger charge is 2.46. The number of rotatable bonds is 3. The first-order valence-corrected chi connectivity index (χ1v) is 10.2. The molecule has 2 aromatic heterocycles. The minimum absolute atomic E-state index is 0.0763. The summed E-state index contributed by atoms with van der Waals surface area (Å²) in [6.07, 6.45) is -0.00933. The van der Waals surface area contributed by atoms with Gasteiger partial charge in [-0.15, -0.1) is 0 Å². The Morgan fingerprint density at radius 1 is 1.29 bits per heavy atom. The molecule has 1 aromatic carbocycles. The Balaban J connectivity index is 1.90. The summed E-state index contributed by atoms with van der Waals surface area (Å²) in [5, 5.41) is 21.8. The molecule has 8 nitrogen and oxygen atoms in total. The lowest BCUT2D eigenvalue weighted by Crippen LogP contribution is -2.44. The number of aromatic nitrogens is 2. The third-order valence-corrected chi connectivity index (χ3v) is 6.40. The average Bonchev–Trinajstić information content (AvgIpc) is 3.08. The Morgan fingerprint density at radius 3 is 2.74 bits per heavy atom. The quantitative estimate of drug-likeness (QED) is 0.624. The zero-order chi connectivity index (χ0) is 22.1. The number of benzene rings is 1. The van der Waals surface area contributed by atoms with Crippen molar-refractivity contribution in [3.8, 4) is 17.1 Å². The van der Waals surface area contributed by atoms with Gasteiger partial charge < -0.3 is 19.7 Å². The van der Waals surface area contributed by atoms with Crippen LogP contribution in [0.5, 0.6) is 5.75 Å². The number of carbonyl (C=O) groups excluding carboxylic acids is 1. The molecule has 0 fully saturated rings. The molecule has 0 spiro atoms. The van der Waals surface area contributed by atoms with Gasteiger partial charge in [0.15, 0.2) is 11.8 Å². The second kappa shape index (κ2) is 6.63. The summed E-state index contributed by atoms with van der Waals surface area (Å²) >= 11 is 0. The Morgan fingerprint density at radius 2 is 2.06 bits per heavy atom. The van der Waals surface area contributed by atoms with Crippen LogP contribution in [0.1, 0.15) is 48.8 Å². The predicted octanol–water partition coefficient (Wildman–Crippen LogP) is 2.49. The molecule has 1 unspecified atom stereocenters. The van der Waals surface area contributed by atoms with Crippen LogP contribution >= 0.6 is 0 Å². The number of phenols is 1. The van der Waals surface area contributed by atoms with Gasteiger partial charge in [0.2, 0.25) is 0 Å². The van der Waals surface area contributed by atoms with E-state index < -0.39 is 17.8 Å². The van der Waals surface area contributed by atoms with Gasteiger partial charge in [0.25, 0.3) is 5.56 Å². The van der Waals surface area contributed by atoms with Crippen LogP contribution in [0.15, 0.2) is 29.1 Å². The van der Waals surface area contributed by atoms with Gasteiger partial charge in [0, 0.05) is 23.6 Å². The fourth-order valence-electron chi connectivity index (χ4n) is 4.82. The molecule has 0 amide bonds. The maximum absolute atomic E-state index is 13.5. The largest absolute Gasteiger partial charge is 0.508 e. The van der Waals surface area contributed by atoms with Crippen molar-refractivity contribution >= 4 is 16.9 Å². The van der Waals surface area contributed by atoms with Crippen LogP contribution in [0, 0.1) is 0 Å². The fraction of sp³-hybridized carbons (Fsp3) is 0.348. The highest BCUT2D eigenvalue weighted by molar-refractivity contribution is 5.90. The SMILES string of the molecule is CCc1c2c(nc3ccc(O)cc13)-c1cc3c(c(=O)n1C2OC)COC(=O)[C@]3(O)CC. The topological polar surface area (TPSA) is 111 Å². The lowest BCUT2D eigenvalue weighted by Gasteiger charge is -2.32. The second-order valence-electron chi connectivity index (χ2n) is 7.88. The molecule has 8 heteroatoms. The van der Waals surface area contributed by atoms with Crippen LogP contribution in [0.25, 0.3) is 22.3 Å². The van der Waals surface area contributed by atoms with Crippen LogP contribution < -0.4 is 5.56 Å². The molecular weight excluding hydrogens is 400 g/mol. The molecule has 160 valence electrons. The Labute approximate surface area is 177 Å². The van der Waals surface area contributed by atoms with Crippen LogP contribution in [0.3, 0.4) is 0 Å². The highest BCUT2D eigenvalue weighted by Crippen LogP contribution is 2.45. The number of pyridine rings is 2. The Hall–Kier alpha value is -3.23. The number of esters is 1. The zero-order valence-corrected chi connectivity index (χ0v) is 17.4. The lowest BCUT2D eigenvalue weighted by atomic mass is 9.86. The van der Waals surface area contributed by atoms with Crippen molar-refractivity contribution in [2.45, 2.75) is 45.1 Å². The van der Waals surface area contributed by atoms with E-state index in [1.54, 1.807) is 31.2 Å². The van der Waals surface area contributed by atoms with Crippen molar-refractivity contribution in [2.75, 3.05) is 7.11 Å². The van der Waals surface area contributed by atoms with Gasteiger partial charge in [-0.3, -0.25) is 9.36 Å². The van der Waals surface area contributed by atoms with E-state index in [0.717, 1.165) is 16.5 Å². The number of cyclic esters (lactones) is 1. The van der Waals surface area contributed by atoms with E-state index in [1.807, 2.05) is 6.92 Å². The maximum Gasteiger partial charge on any atom is 0.343 e. The number of hydrogen-bond donors (Lipinski definition) is 2. The first-order chi connectivity index (χ1) is 14.8. The van der Waals surface area contributed by atoms with Crippen molar-refractivity contribution in [3.05, 3.63) is 56.9 Å². The molecule has 0 radical (unpaired) electrons. The average molecular weight is 422 g/mol. The molecule has 2 aliphatic rings. The molecule has 2 atom stereocenters. The van der Waals surface area contributed by atoms with E-state index in [9.17, 15) is 19.8 Å². The van der Waals surface area contributed by atoms with Gasteiger partial charge in [-0.25, -0.2) is 9.78 Å². The standard InChI is InChI=1S/C23H22N2O6/c1-4-12-13-8-11(26)6-7-16(13)24-19-17-9-15-14(10-31-22(28)23(15,29)5-2)20(27)25(17)21(30-3)18(12)19/h6-9,21,26,29H,4-5,10H2,1-3H3/t21?,23-/m0/s1. The van der Waals surface area contributed by atoms with Gasteiger partial charge in [0.05, 0.1) is 22.5 Å². The monoisotopic (exact) mass is 422 g/mol. The number of hydrogen-bond acceptors (Lipinski definition) is 7. The van der Waals surface area contributed by atoms with Crippen molar-refractivity contribution in [1.82, 2.24) is 9.55 Å². The molecule has 0 bridgehead atoms. The van der Waals surface area contributed by atoms with Crippen molar-refractivity contribution in [1.29, 1.82) is 0 Å².